The predicted molar refractivity (Wildman–Crippen MR) is 95.2 cm³/mol. The van der Waals surface area contributed by atoms with Gasteiger partial charge in [0.15, 0.2) is 6.61 Å². The third-order valence-corrected chi connectivity index (χ3v) is 4.88. The molecule has 0 radical (unpaired) electrons. The molecule has 124 valence electrons. The van der Waals surface area contributed by atoms with Gasteiger partial charge < -0.3 is 10.1 Å². The fourth-order valence-electron chi connectivity index (χ4n) is 2.66. The highest BCUT2D eigenvalue weighted by Gasteiger charge is 2.52. The van der Waals surface area contributed by atoms with E-state index < -0.39 is 5.41 Å². The predicted octanol–water partition coefficient (Wildman–Crippen LogP) is 3.62. The summed E-state index contributed by atoms with van der Waals surface area (Å²) in [7, 11) is 0. The van der Waals surface area contributed by atoms with Crippen LogP contribution in [0.15, 0.2) is 59.5 Å². The topological polar surface area (TPSA) is 55.4 Å². The van der Waals surface area contributed by atoms with E-state index in [9.17, 15) is 9.59 Å². The fourth-order valence-corrected chi connectivity index (χ4v) is 3.12. The second kappa shape index (κ2) is 7.09. The van der Waals surface area contributed by atoms with Crippen LogP contribution < -0.4 is 5.32 Å². The van der Waals surface area contributed by atoms with Crippen LogP contribution in [0.2, 0.25) is 0 Å². The molecule has 1 N–H and O–H groups in total. The number of thioether (sulfide) groups is 1. The molecule has 2 aromatic carbocycles. The van der Waals surface area contributed by atoms with Gasteiger partial charge in [-0.1, -0.05) is 36.4 Å². The van der Waals surface area contributed by atoms with Gasteiger partial charge in [-0.2, -0.15) is 0 Å². The number of rotatable bonds is 6. The molecule has 1 saturated carbocycles. The highest BCUT2D eigenvalue weighted by atomic mass is 32.2. The van der Waals surface area contributed by atoms with E-state index in [-0.39, 0.29) is 18.5 Å². The van der Waals surface area contributed by atoms with E-state index >= 15 is 0 Å². The van der Waals surface area contributed by atoms with Gasteiger partial charge in [-0.3, -0.25) is 9.59 Å². The first kappa shape index (κ1) is 16.6. The Kier molecular flexibility index (Phi) is 4.90. The molecule has 0 saturated heterocycles. The molecule has 0 atom stereocenters. The van der Waals surface area contributed by atoms with Crippen LogP contribution in [0.5, 0.6) is 0 Å². The lowest BCUT2D eigenvalue weighted by Crippen LogP contribution is -2.28. The Labute approximate surface area is 145 Å². The molecule has 4 nitrogen and oxygen atoms in total. The number of carbonyl (C=O) groups is 2. The van der Waals surface area contributed by atoms with Gasteiger partial charge in [0, 0.05) is 10.6 Å². The minimum absolute atomic E-state index is 0.267. The van der Waals surface area contributed by atoms with E-state index in [0.29, 0.717) is 5.69 Å². The van der Waals surface area contributed by atoms with E-state index in [4.69, 9.17) is 4.74 Å². The number of carbonyl (C=O) groups excluding carboxylic acids is 2. The van der Waals surface area contributed by atoms with Crippen LogP contribution >= 0.6 is 11.8 Å². The van der Waals surface area contributed by atoms with Crippen molar-refractivity contribution in [2.75, 3.05) is 18.2 Å². The second-order valence-corrected chi connectivity index (χ2v) is 6.68. The van der Waals surface area contributed by atoms with Crippen molar-refractivity contribution in [2.24, 2.45) is 0 Å². The summed E-state index contributed by atoms with van der Waals surface area (Å²) in [6.07, 6.45) is 3.52. The quantitative estimate of drug-likeness (QED) is 0.644. The standard InChI is InChI=1S/C19H19NO3S/c1-24-16-9-5-8-15(12-16)20-17(21)13-23-18(22)19(10-11-19)14-6-3-2-4-7-14/h2-9,12H,10-11,13H2,1H3,(H,20,21). The van der Waals surface area contributed by atoms with Crippen molar-refractivity contribution >= 4 is 29.3 Å². The summed E-state index contributed by atoms with van der Waals surface area (Å²) in [4.78, 5) is 25.4. The van der Waals surface area contributed by atoms with Crippen molar-refractivity contribution < 1.29 is 14.3 Å². The molecule has 0 aromatic heterocycles. The third-order valence-electron chi connectivity index (χ3n) is 4.15. The SMILES string of the molecule is CSc1cccc(NC(=O)COC(=O)C2(c3ccccc3)CC2)c1. The number of nitrogens with one attached hydrogen (secondary N) is 1. The van der Waals surface area contributed by atoms with E-state index in [0.717, 1.165) is 23.3 Å². The Morgan fingerprint density at radius 3 is 2.54 bits per heavy atom. The Morgan fingerprint density at radius 2 is 1.88 bits per heavy atom. The van der Waals surface area contributed by atoms with Gasteiger partial charge in [0.25, 0.3) is 5.91 Å². The first-order valence-electron chi connectivity index (χ1n) is 7.81. The lowest BCUT2D eigenvalue weighted by atomic mass is 9.96. The van der Waals surface area contributed by atoms with Gasteiger partial charge in [0.2, 0.25) is 0 Å². The number of hydrogen-bond acceptors (Lipinski definition) is 4. The molecule has 24 heavy (non-hydrogen) atoms. The summed E-state index contributed by atoms with van der Waals surface area (Å²) in [5.41, 5.74) is 1.11. The van der Waals surface area contributed by atoms with Crippen molar-refractivity contribution in [3.05, 3.63) is 60.2 Å². The maximum absolute atomic E-state index is 12.4. The minimum Gasteiger partial charge on any atom is -0.455 e. The van der Waals surface area contributed by atoms with Crippen LogP contribution in [0.25, 0.3) is 0 Å². The number of amides is 1. The molecule has 0 unspecified atom stereocenters. The largest absolute Gasteiger partial charge is 0.455 e. The molecule has 5 heteroatoms. The molecule has 0 bridgehead atoms. The Bertz CT molecular complexity index is 741. The minimum atomic E-state index is -0.555. The monoisotopic (exact) mass is 341 g/mol. The van der Waals surface area contributed by atoms with Crippen LogP contribution in [-0.4, -0.2) is 24.7 Å². The van der Waals surface area contributed by atoms with Gasteiger partial charge in [0.1, 0.15) is 0 Å². The van der Waals surface area contributed by atoms with Crippen LogP contribution in [0.3, 0.4) is 0 Å². The first-order valence-corrected chi connectivity index (χ1v) is 9.03. The molecule has 1 aliphatic carbocycles. The summed E-state index contributed by atoms with van der Waals surface area (Å²) in [5, 5.41) is 2.75. The molecule has 0 heterocycles. The van der Waals surface area contributed by atoms with Gasteiger partial charge in [-0.15, -0.1) is 11.8 Å². The summed E-state index contributed by atoms with van der Waals surface area (Å²) in [5.74, 6) is -0.646. The molecule has 2 aromatic rings. The molecule has 3 rings (SSSR count). The van der Waals surface area contributed by atoms with Gasteiger partial charge in [-0.25, -0.2) is 0 Å². The van der Waals surface area contributed by atoms with E-state index in [2.05, 4.69) is 5.32 Å². The Balaban J connectivity index is 1.55. The van der Waals surface area contributed by atoms with Crippen molar-refractivity contribution in [3.63, 3.8) is 0 Å². The highest BCUT2D eigenvalue weighted by Crippen LogP contribution is 2.49. The number of esters is 1. The van der Waals surface area contributed by atoms with E-state index in [1.54, 1.807) is 11.8 Å². The molecule has 1 aliphatic rings. The number of benzene rings is 2. The zero-order valence-corrected chi connectivity index (χ0v) is 14.3. The average Bonchev–Trinajstić information content (AvgIpc) is 3.42. The molecule has 1 fully saturated rings. The van der Waals surface area contributed by atoms with Gasteiger partial charge in [-0.05, 0) is 42.9 Å². The number of ether oxygens (including phenoxy) is 1. The van der Waals surface area contributed by atoms with Crippen LogP contribution in [0.4, 0.5) is 5.69 Å². The van der Waals surface area contributed by atoms with Crippen molar-refractivity contribution in [1.82, 2.24) is 0 Å². The maximum atomic E-state index is 12.4. The average molecular weight is 341 g/mol. The normalized spacial score (nSPS) is 14.7. The maximum Gasteiger partial charge on any atom is 0.317 e. The van der Waals surface area contributed by atoms with E-state index in [1.807, 2.05) is 60.9 Å². The van der Waals surface area contributed by atoms with Crippen LogP contribution in [-0.2, 0) is 19.7 Å². The second-order valence-electron chi connectivity index (χ2n) is 5.80. The smallest absolute Gasteiger partial charge is 0.317 e. The van der Waals surface area contributed by atoms with Crippen molar-refractivity contribution in [3.8, 4) is 0 Å². The summed E-state index contributed by atoms with van der Waals surface area (Å²) in [6, 6.07) is 17.1. The third kappa shape index (κ3) is 3.62. The summed E-state index contributed by atoms with van der Waals surface area (Å²) < 4.78 is 5.26. The van der Waals surface area contributed by atoms with Crippen molar-refractivity contribution in [2.45, 2.75) is 23.2 Å². The van der Waals surface area contributed by atoms with Gasteiger partial charge >= 0.3 is 5.97 Å². The van der Waals surface area contributed by atoms with Crippen LogP contribution in [0, 0.1) is 0 Å². The summed E-state index contributed by atoms with van der Waals surface area (Å²) in [6.45, 7) is -0.267. The number of anilines is 1. The molecular formula is C19H19NO3S. The Hall–Kier alpha value is -2.27. The summed E-state index contributed by atoms with van der Waals surface area (Å²) >= 11 is 1.60. The van der Waals surface area contributed by atoms with Gasteiger partial charge in [0.05, 0.1) is 5.41 Å². The van der Waals surface area contributed by atoms with Crippen molar-refractivity contribution in [1.29, 1.82) is 0 Å². The number of hydrogen-bond donors (Lipinski definition) is 1. The van der Waals surface area contributed by atoms with E-state index in [1.165, 1.54) is 0 Å². The zero-order valence-electron chi connectivity index (χ0n) is 13.5. The fraction of sp³-hybridized carbons (Fsp3) is 0.263. The van der Waals surface area contributed by atoms with Crippen LogP contribution in [0.1, 0.15) is 18.4 Å². The lowest BCUT2D eigenvalue weighted by molar-refractivity contribution is -0.150. The Morgan fingerprint density at radius 1 is 1.12 bits per heavy atom. The first-order chi connectivity index (χ1) is 11.6. The highest BCUT2D eigenvalue weighted by molar-refractivity contribution is 7.98. The molecule has 1 amide bonds. The zero-order chi connectivity index (χ0) is 17.0. The molecule has 0 aliphatic heterocycles. The molecule has 0 spiro atoms. The molecular weight excluding hydrogens is 322 g/mol. The lowest BCUT2D eigenvalue weighted by Gasteiger charge is -2.14.